The van der Waals surface area contributed by atoms with Gasteiger partial charge in [-0.1, -0.05) is 23.7 Å². The number of hydrogen-bond donors (Lipinski definition) is 0. The van der Waals surface area contributed by atoms with Crippen LogP contribution >= 0.6 is 11.6 Å². The fourth-order valence-electron chi connectivity index (χ4n) is 1.70. The summed E-state index contributed by atoms with van der Waals surface area (Å²) in [6, 6.07) is 12.0. The van der Waals surface area contributed by atoms with Gasteiger partial charge in [-0.05, 0) is 36.8 Å². The van der Waals surface area contributed by atoms with Gasteiger partial charge < -0.3 is 9.47 Å². The van der Waals surface area contributed by atoms with E-state index in [1.54, 1.807) is 31.2 Å². The predicted octanol–water partition coefficient (Wildman–Crippen LogP) is 4.52. The zero-order chi connectivity index (χ0) is 16.1. The molecule has 2 aromatic rings. The van der Waals surface area contributed by atoms with Crippen LogP contribution < -0.4 is 4.74 Å². The molecule has 7 heteroatoms. The molecule has 1 atom stereocenters. The van der Waals surface area contributed by atoms with Gasteiger partial charge >= 0.3 is 6.16 Å². The second kappa shape index (κ2) is 6.91. The molecule has 0 aromatic heterocycles. The third-order valence-corrected chi connectivity index (χ3v) is 3.11. The quantitative estimate of drug-likeness (QED) is 0.358. The van der Waals surface area contributed by atoms with Gasteiger partial charge in [0, 0.05) is 17.2 Å². The summed E-state index contributed by atoms with van der Waals surface area (Å²) in [5, 5.41) is 11.1. The lowest BCUT2D eigenvalue weighted by atomic mass is 10.1. The van der Waals surface area contributed by atoms with Crippen LogP contribution in [0.1, 0.15) is 18.6 Å². The molecule has 0 fully saturated rings. The van der Waals surface area contributed by atoms with Crippen molar-refractivity contribution in [2.45, 2.75) is 13.0 Å². The lowest BCUT2D eigenvalue weighted by Gasteiger charge is -2.13. The van der Waals surface area contributed by atoms with E-state index in [1.807, 2.05) is 0 Å². The maximum absolute atomic E-state index is 11.7. The van der Waals surface area contributed by atoms with Gasteiger partial charge in [-0.15, -0.1) is 0 Å². The van der Waals surface area contributed by atoms with E-state index in [1.165, 1.54) is 24.3 Å². The van der Waals surface area contributed by atoms with E-state index in [0.29, 0.717) is 5.02 Å². The Labute approximate surface area is 131 Å². The number of nitrogens with zero attached hydrogens (tertiary/aromatic N) is 1. The number of nitro groups is 1. The first-order valence-corrected chi connectivity index (χ1v) is 6.72. The summed E-state index contributed by atoms with van der Waals surface area (Å²) < 4.78 is 10.1. The summed E-state index contributed by atoms with van der Waals surface area (Å²) in [6.07, 6.45) is -1.40. The molecule has 0 bridgehead atoms. The van der Waals surface area contributed by atoms with Gasteiger partial charge in [0.05, 0.1) is 4.92 Å². The van der Waals surface area contributed by atoms with E-state index in [2.05, 4.69) is 0 Å². The van der Waals surface area contributed by atoms with Gasteiger partial charge in [-0.25, -0.2) is 4.79 Å². The minimum atomic E-state index is -0.892. The lowest BCUT2D eigenvalue weighted by molar-refractivity contribution is -0.384. The summed E-state index contributed by atoms with van der Waals surface area (Å²) in [5.41, 5.74) is 0.681. The molecule has 114 valence electrons. The first kappa shape index (κ1) is 15.8. The Morgan fingerprint density at radius 2 is 1.73 bits per heavy atom. The number of carbonyl (C=O) groups is 1. The van der Waals surface area contributed by atoms with E-state index in [-0.39, 0.29) is 11.4 Å². The summed E-state index contributed by atoms with van der Waals surface area (Å²) in [6.45, 7) is 1.69. The Hall–Kier alpha value is -2.60. The molecule has 2 aromatic carbocycles. The van der Waals surface area contributed by atoms with Crippen LogP contribution in [0.5, 0.6) is 5.75 Å². The van der Waals surface area contributed by atoms with Crippen molar-refractivity contribution in [3.63, 3.8) is 0 Å². The monoisotopic (exact) mass is 321 g/mol. The molecule has 6 nitrogen and oxygen atoms in total. The maximum atomic E-state index is 11.7. The zero-order valence-corrected chi connectivity index (χ0v) is 12.3. The molecular formula is C15H12ClNO5. The van der Waals surface area contributed by atoms with Gasteiger partial charge in [0.15, 0.2) is 0 Å². The second-order valence-corrected chi connectivity index (χ2v) is 4.85. The van der Waals surface area contributed by atoms with Crippen molar-refractivity contribution in [3.8, 4) is 5.75 Å². The van der Waals surface area contributed by atoms with E-state index < -0.39 is 17.2 Å². The highest BCUT2D eigenvalue weighted by atomic mass is 35.5. The van der Waals surface area contributed by atoms with E-state index in [4.69, 9.17) is 21.1 Å². The molecule has 22 heavy (non-hydrogen) atoms. The van der Waals surface area contributed by atoms with Gasteiger partial charge in [-0.3, -0.25) is 10.1 Å². The van der Waals surface area contributed by atoms with Crippen LogP contribution in [0.3, 0.4) is 0 Å². The van der Waals surface area contributed by atoms with E-state index in [9.17, 15) is 14.9 Å². The molecule has 0 unspecified atom stereocenters. The molecule has 0 aliphatic carbocycles. The molecule has 0 aliphatic rings. The molecule has 0 N–H and O–H groups in total. The zero-order valence-electron chi connectivity index (χ0n) is 11.6. The van der Waals surface area contributed by atoms with Crippen LogP contribution in [0.15, 0.2) is 48.5 Å². The molecule has 0 spiro atoms. The van der Waals surface area contributed by atoms with Crippen molar-refractivity contribution < 1.29 is 19.2 Å². The number of hydrogen-bond acceptors (Lipinski definition) is 5. The number of non-ortho nitro benzene ring substituents is 1. The first-order chi connectivity index (χ1) is 10.5. The van der Waals surface area contributed by atoms with Crippen LogP contribution in [0, 0.1) is 10.1 Å². The third-order valence-electron chi connectivity index (χ3n) is 2.86. The fourth-order valence-corrected chi connectivity index (χ4v) is 1.83. The smallest absolute Gasteiger partial charge is 0.426 e. The molecule has 0 radical (unpaired) electrons. The summed E-state index contributed by atoms with van der Waals surface area (Å²) >= 11 is 5.78. The van der Waals surface area contributed by atoms with Crippen molar-refractivity contribution >= 4 is 23.4 Å². The molecule has 0 heterocycles. The predicted molar refractivity (Wildman–Crippen MR) is 80.1 cm³/mol. The van der Waals surface area contributed by atoms with Crippen molar-refractivity contribution in [1.29, 1.82) is 0 Å². The van der Waals surface area contributed by atoms with Crippen molar-refractivity contribution in [2.75, 3.05) is 0 Å². The van der Waals surface area contributed by atoms with Crippen LogP contribution in [-0.2, 0) is 4.74 Å². The molecular weight excluding hydrogens is 310 g/mol. The van der Waals surface area contributed by atoms with Crippen LogP contribution in [0.25, 0.3) is 0 Å². The number of rotatable bonds is 4. The van der Waals surface area contributed by atoms with Gasteiger partial charge in [0.25, 0.3) is 5.69 Å². The molecule has 0 amide bonds. The Balaban J connectivity index is 1.94. The average Bonchev–Trinajstić information content (AvgIpc) is 2.48. The Morgan fingerprint density at radius 3 is 2.27 bits per heavy atom. The largest absolute Gasteiger partial charge is 0.514 e. The molecule has 0 saturated carbocycles. The third kappa shape index (κ3) is 4.20. The average molecular weight is 322 g/mol. The van der Waals surface area contributed by atoms with Crippen LogP contribution in [0.2, 0.25) is 5.02 Å². The molecule has 0 aliphatic heterocycles. The Kier molecular flexibility index (Phi) is 4.95. The van der Waals surface area contributed by atoms with Crippen molar-refractivity contribution in [3.05, 3.63) is 69.2 Å². The number of halogens is 1. The summed E-state index contributed by atoms with van der Waals surface area (Å²) in [5.74, 6) is 0.166. The molecule has 0 saturated heterocycles. The van der Waals surface area contributed by atoms with Crippen molar-refractivity contribution in [2.24, 2.45) is 0 Å². The highest BCUT2D eigenvalue weighted by molar-refractivity contribution is 6.30. The first-order valence-electron chi connectivity index (χ1n) is 6.34. The highest BCUT2D eigenvalue weighted by Gasteiger charge is 2.14. The van der Waals surface area contributed by atoms with Crippen molar-refractivity contribution in [1.82, 2.24) is 0 Å². The summed E-state index contributed by atoms with van der Waals surface area (Å²) in [7, 11) is 0. The van der Waals surface area contributed by atoms with Gasteiger partial charge in [0.1, 0.15) is 11.9 Å². The van der Waals surface area contributed by atoms with E-state index >= 15 is 0 Å². The van der Waals surface area contributed by atoms with Gasteiger partial charge in [0.2, 0.25) is 0 Å². The number of benzene rings is 2. The standard InChI is InChI=1S/C15H12ClNO5/c1-10(11-2-4-12(16)5-3-11)21-15(18)22-14-8-6-13(7-9-14)17(19)20/h2-10H,1H3/t10-/m1/s1. The number of carbonyl (C=O) groups excluding carboxylic acids is 1. The van der Waals surface area contributed by atoms with Crippen LogP contribution in [-0.4, -0.2) is 11.1 Å². The number of ether oxygens (including phenoxy) is 2. The minimum absolute atomic E-state index is 0.0877. The minimum Gasteiger partial charge on any atom is -0.426 e. The Bertz CT molecular complexity index is 669. The highest BCUT2D eigenvalue weighted by Crippen LogP contribution is 2.21. The van der Waals surface area contributed by atoms with Gasteiger partial charge in [-0.2, -0.15) is 0 Å². The maximum Gasteiger partial charge on any atom is 0.514 e. The number of nitro benzene ring substituents is 1. The normalized spacial score (nSPS) is 11.5. The van der Waals surface area contributed by atoms with Crippen LogP contribution in [0.4, 0.5) is 10.5 Å². The lowest BCUT2D eigenvalue weighted by Crippen LogP contribution is -2.13. The second-order valence-electron chi connectivity index (χ2n) is 4.41. The SMILES string of the molecule is C[C@@H](OC(=O)Oc1ccc([N+](=O)[O-])cc1)c1ccc(Cl)cc1. The summed E-state index contributed by atoms with van der Waals surface area (Å²) in [4.78, 5) is 21.7. The van der Waals surface area contributed by atoms with E-state index in [0.717, 1.165) is 5.56 Å². The molecule has 2 rings (SSSR count). The Morgan fingerprint density at radius 1 is 1.14 bits per heavy atom. The topological polar surface area (TPSA) is 78.7 Å². The fraction of sp³-hybridized carbons (Fsp3) is 0.133.